The molecule has 27 heavy (non-hydrogen) atoms. The van der Waals surface area contributed by atoms with Gasteiger partial charge in [0.2, 0.25) is 0 Å². The molecule has 3 rings (SSSR count). The summed E-state index contributed by atoms with van der Waals surface area (Å²) in [6.07, 6.45) is 6.83. The Bertz CT molecular complexity index is 756. The summed E-state index contributed by atoms with van der Waals surface area (Å²) in [4.78, 5) is 28.9. The summed E-state index contributed by atoms with van der Waals surface area (Å²) in [6.45, 7) is 6.25. The SMILES string of the molecule is C=CCOc1ccc(C=C2SC(=O)N(CN3CCCCC3)C2=O)cc1OC. The zero-order valence-corrected chi connectivity index (χ0v) is 16.3. The van der Waals surface area contributed by atoms with Crippen molar-refractivity contribution in [2.45, 2.75) is 19.3 Å². The number of methoxy groups -OCH3 is 1. The Morgan fingerprint density at radius 2 is 1.96 bits per heavy atom. The number of likely N-dealkylation sites (tertiary alicyclic amines) is 1. The van der Waals surface area contributed by atoms with E-state index in [1.165, 1.54) is 11.3 Å². The second-order valence-corrected chi connectivity index (χ2v) is 7.43. The molecule has 0 N–H and O–H groups in total. The fourth-order valence-corrected chi connectivity index (χ4v) is 3.95. The molecule has 1 aromatic carbocycles. The van der Waals surface area contributed by atoms with E-state index in [-0.39, 0.29) is 11.1 Å². The van der Waals surface area contributed by atoms with Gasteiger partial charge < -0.3 is 9.47 Å². The molecule has 0 aromatic heterocycles. The van der Waals surface area contributed by atoms with Crippen LogP contribution in [-0.4, -0.2) is 54.4 Å². The molecule has 2 fully saturated rings. The van der Waals surface area contributed by atoms with E-state index in [4.69, 9.17) is 9.47 Å². The number of amides is 2. The number of imide groups is 1. The van der Waals surface area contributed by atoms with Gasteiger partial charge in [0.1, 0.15) is 6.61 Å². The van der Waals surface area contributed by atoms with Crippen LogP contribution in [0.25, 0.3) is 6.08 Å². The minimum absolute atomic E-state index is 0.213. The standard InChI is InChI=1S/C20H24N2O4S/c1-3-11-26-16-8-7-15(12-17(16)25-2)13-18-19(23)22(20(24)27-18)14-21-9-5-4-6-10-21/h3,7-8,12-13H,1,4-6,9-11,14H2,2H3. The van der Waals surface area contributed by atoms with Gasteiger partial charge in [-0.05, 0) is 61.5 Å². The van der Waals surface area contributed by atoms with Crippen molar-refractivity contribution in [3.63, 3.8) is 0 Å². The van der Waals surface area contributed by atoms with E-state index in [1.807, 2.05) is 6.07 Å². The first-order valence-corrected chi connectivity index (χ1v) is 9.83. The minimum Gasteiger partial charge on any atom is -0.493 e. The first-order chi connectivity index (χ1) is 13.1. The Morgan fingerprint density at radius 3 is 2.67 bits per heavy atom. The number of rotatable bonds is 7. The van der Waals surface area contributed by atoms with Gasteiger partial charge in [-0.3, -0.25) is 19.4 Å². The van der Waals surface area contributed by atoms with Crippen molar-refractivity contribution in [3.05, 3.63) is 41.3 Å². The molecule has 2 aliphatic heterocycles. The van der Waals surface area contributed by atoms with Crippen LogP contribution in [0.2, 0.25) is 0 Å². The molecule has 144 valence electrons. The number of hydrogen-bond acceptors (Lipinski definition) is 6. The van der Waals surface area contributed by atoms with Gasteiger partial charge in [0.15, 0.2) is 11.5 Å². The lowest BCUT2D eigenvalue weighted by atomic mass is 10.1. The molecule has 2 aliphatic rings. The highest BCUT2D eigenvalue weighted by molar-refractivity contribution is 8.18. The maximum atomic E-state index is 12.7. The average Bonchev–Trinajstić information content (AvgIpc) is 2.95. The molecule has 2 saturated heterocycles. The molecule has 0 unspecified atom stereocenters. The minimum atomic E-state index is -0.235. The van der Waals surface area contributed by atoms with Gasteiger partial charge >= 0.3 is 0 Å². The van der Waals surface area contributed by atoms with E-state index in [9.17, 15) is 9.59 Å². The molecule has 1 aromatic rings. The molecule has 0 bridgehead atoms. The Morgan fingerprint density at radius 1 is 1.19 bits per heavy atom. The second-order valence-electron chi connectivity index (χ2n) is 6.44. The van der Waals surface area contributed by atoms with Gasteiger partial charge in [-0.2, -0.15) is 0 Å². The normalized spacial score (nSPS) is 19.6. The molecule has 0 radical (unpaired) electrons. The smallest absolute Gasteiger partial charge is 0.294 e. The number of carbonyl (C=O) groups is 2. The third kappa shape index (κ3) is 4.73. The van der Waals surface area contributed by atoms with Crippen molar-refractivity contribution in [1.82, 2.24) is 9.80 Å². The Kier molecular flexibility index (Phi) is 6.58. The first kappa shape index (κ1) is 19.5. The molecule has 0 atom stereocenters. The number of nitrogens with zero attached hydrogens (tertiary/aromatic N) is 2. The quantitative estimate of drug-likeness (QED) is 0.524. The zero-order chi connectivity index (χ0) is 19.2. The van der Waals surface area contributed by atoms with Crippen LogP contribution in [-0.2, 0) is 4.79 Å². The molecule has 0 aliphatic carbocycles. The largest absolute Gasteiger partial charge is 0.493 e. The van der Waals surface area contributed by atoms with Crippen LogP contribution >= 0.6 is 11.8 Å². The van der Waals surface area contributed by atoms with E-state index in [0.717, 1.165) is 43.3 Å². The molecule has 0 spiro atoms. The van der Waals surface area contributed by atoms with E-state index in [2.05, 4.69) is 11.5 Å². The Hall–Kier alpha value is -2.25. The van der Waals surface area contributed by atoms with Crippen molar-refractivity contribution in [1.29, 1.82) is 0 Å². The fraction of sp³-hybridized carbons (Fsp3) is 0.400. The highest BCUT2D eigenvalue weighted by atomic mass is 32.2. The van der Waals surface area contributed by atoms with Gasteiger partial charge in [0, 0.05) is 0 Å². The molecule has 2 heterocycles. The summed E-state index contributed by atoms with van der Waals surface area (Å²) >= 11 is 0.983. The summed E-state index contributed by atoms with van der Waals surface area (Å²) < 4.78 is 10.9. The van der Waals surface area contributed by atoms with Crippen LogP contribution in [0.5, 0.6) is 11.5 Å². The summed E-state index contributed by atoms with van der Waals surface area (Å²) in [5.74, 6) is 0.937. The van der Waals surface area contributed by atoms with Crippen LogP contribution in [0.15, 0.2) is 35.8 Å². The van der Waals surface area contributed by atoms with E-state index < -0.39 is 0 Å². The summed E-state index contributed by atoms with van der Waals surface area (Å²) in [7, 11) is 1.56. The van der Waals surface area contributed by atoms with Crippen molar-refractivity contribution in [2.75, 3.05) is 33.5 Å². The lowest BCUT2D eigenvalue weighted by Gasteiger charge is -2.29. The maximum Gasteiger partial charge on any atom is 0.294 e. The molecular weight excluding hydrogens is 364 g/mol. The Balaban J connectivity index is 1.73. The van der Waals surface area contributed by atoms with Crippen molar-refractivity contribution < 1.29 is 19.1 Å². The third-order valence-corrected chi connectivity index (χ3v) is 5.41. The predicted octanol–water partition coefficient (Wildman–Crippen LogP) is 3.74. The summed E-state index contributed by atoms with van der Waals surface area (Å²) in [5.41, 5.74) is 0.779. The van der Waals surface area contributed by atoms with Crippen molar-refractivity contribution in [2.24, 2.45) is 0 Å². The summed E-state index contributed by atoms with van der Waals surface area (Å²) in [6, 6.07) is 5.41. The second kappa shape index (κ2) is 9.10. The van der Waals surface area contributed by atoms with Gasteiger partial charge in [0.25, 0.3) is 11.1 Å². The lowest BCUT2D eigenvalue weighted by molar-refractivity contribution is -0.124. The Labute approximate surface area is 163 Å². The molecule has 2 amide bonds. The number of benzene rings is 1. The van der Waals surface area contributed by atoms with Gasteiger partial charge in [0.05, 0.1) is 18.7 Å². The van der Waals surface area contributed by atoms with E-state index in [0.29, 0.717) is 29.7 Å². The van der Waals surface area contributed by atoms with Crippen molar-refractivity contribution in [3.8, 4) is 11.5 Å². The highest BCUT2D eigenvalue weighted by Crippen LogP contribution is 2.34. The number of thioether (sulfide) groups is 1. The van der Waals surface area contributed by atoms with Crippen LogP contribution in [0.3, 0.4) is 0 Å². The van der Waals surface area contributed by atoms with Crippen LogP contribution in [0, 0.1) is 0 Å². The molecule has 7 heteroatoms. The fourth-order valence-electron chi connectivity index (χ4n) is 3.12. The van der Waals surface area contributed by atoms with Gasteiger partial charge in [-0.15, -0.1) is 0 Å². The third-order valence-electron chi connectivity index (χ3n) is 4.51. The topological polar surface area (TPSA) is 59.1 Å². The van der Waals surface area contributed by atoms with Crippen LogP contribution < -0.4 is 9.47 Å². The number of hydrogen-bond donors (Lipinski definition) is 0. The van der Waals surface area contributed by atoms with E-state index >= 15 is 0 Å². The molecule has 0 saturated carbocycles. The highest BCUT2D eigenvalue weighted by Gasteiger charge is 2.36. The van der Waals surface area contributed by atoms with E-state index in [1.54, 1.807) is 31.4 Å². The lowest BCUT2D eigenvalue weighted by Crippen LogP contribution is -2.42. The maximum absolute atomic E-state index is 12.7. The first-order valence-electron chi connectivity index (χ1n) is 9.02. The van der Waals surface area contributed by atoms with Gasteiger partial charge in [-0.25, -0.2) is 0 Å². The monoisotopic (exact) mass is 388 g/mol. The van der Waals surface area contributed by atoms with Crippen molar-refractivity contribution >= 4 is 29.0 Å². The molecular formula is C20H24N2O4S. The zero-order valence-electron chi connectivity index (χ0n) is 15.5. The number of ether oxygens (including phenoxy) is 2. The van der Waals surface area contributed by atoms with Crippen LogP contribution in [0.1, 0.15) is 24.8 Å². The predicted molar refractivity (Wildman–Crippen MR) is 107 cm³/mol. The van der Waals surface area contributed by atoms with Gasteiger partial charge in [-0.1, -0.05) is 25.1 Å². The summed E-state index contributed by atoms with van der Waals surface area (Å²) in [5, 5.41) is -0.213. The molecule has 6 nitrogen and oxygen atoms in total. The number of carbonyl (C=O) groups excluding carboxylic acids is 2. The average molecular weight is 388 g/mol. The number of piperidine rings is 1. The van der Waals surface area contributed by atoms with Crippen LogP contribution in [0.4, 0.5) is 4.79 Å².